The van der Waals surface area contributed by atoms with E-state index in [0.717, 1.165) is 64.7 Å². The third-order valence-corrected chi connectivity index (χ3v) is 4.16. The Hall–Kier alpha value is -0.810. The minimum atomic E-state index is -0.631. The SMILES string of the molecule is CC(=O)NC1(C(=O)N2CCCNCC2)CCCCC1.Cl. The molecule has 0 aromatic carbocycles. The zero-order chi connectivity index (χ0) is 13.7. The molecule has 1 saturated carbocycles. The molecule has 1 aliphatic heterocycles. The van der Waals surface area contributed by atoms with Gasteiger partial charge in [0.1, 0.15) is 5.54 Å². The van der Waals surface area contributed by atoms with Crippen molar-refractivity contribution in [1.82, 2.24) is 15.5 Å². The van der Waals surface area contributed by atoms with Crippen LogP contribution in [0.1, 0.15) is 45.4 Å². The number of rotatable bonds is 2. The molecule has 0 aromatic rings. The summed E-state index contributed by atoms with van der Waals surface area (Å²) in [6.45, 7) is 4.87. The zero-order valence-corrected chi connectivity index (χ0v) is 13.1. The van der Waals surface area contributed by atoms with Gasteiger partial charge in [-0.2, -0.15) is 0 Å². The lowest BCUT2D eigenvalue weighted by Gasteiger charge is -2.40. The largest absolute Gasteiger partial charge is 0.342 e. The lowest BCUT2D eigenvalue weighted by atomic mass is 9.80. The molecule has 2 amide bonds. The van der Waals surface area contributed by atoms with Crippen LogP contribution < -0.4 is 10.6 Å². The second kappa shape index (κ2) is 7.84. The van der Waals surface area contributed by atoms with Crippen LogP contribution in [0.15, 0.2) is 0 Å². The molecular weight excluding hydrogens is 278 g/mol. The van der Waals surface area contributed by atoms with Gasteiger partial charge in [-0.1, -0.05) is 19.3 Å². The summed E-state index contributed by atoms with van der Waals surface area (Å²) >= 11 is 0. The summed E-state index contributed by atoms with van der Waals surface area (Å²) in [6.07, 6.45) is 5.78. The minimum absolute atomic E-state index is 0. The predicted octanol–water partition coefficient (Wildman–Crippen LogP) is 1.07. The first kappa shape index (κ1) is 17.2. The first-order valence-corrected chi connectivity index (χ1v) is 7.43. The molecule has 0 aromatic heterocycles. The van der Waals surface area contributed by atoms with Gasteiger partial charge in [0.25, 0.3) is 0 Å². The molecule has 2 fully saturated rings. The van der Waals surface area contributed by atoms with Crippen molar-refractivity contribution in [2.45, 2.75) is 51.0 Å². The molecule has 2 N–H and O–H groups in total. The van der Waals surface area contributed by atoms with E-state index >= 15 is 0 Å². The summed E-state index contributed by atoms with van der Waals surface area (Å²) in [5.74, 6) is 0.0364. The Morgan fingerprint density at radius 3 is 2.40 bits per heavy atom. The van der Waals surface area contributed by atoms with Gasteiger partial charge in [-0.3, -0.25) is 9.59 Å². The fraction of sp³-hybridized carbons (Fsp3) is 0.857. The van der Waals surface area contributed by atoms with E-state index in [1.807, 2.05) is 4.90 Å². The van der Waals surface area contributed by atoms with Crippen LogP contribution in [-0.2, 0) is 9.59 Å². The van der Waals surface area contributed by atoms with Gasteiger partial charge < -0.3 is 15.5 Å². The van der Waals surface area contributed by atoms with Gasteiger partial charge in [0.2, 0.25) is 11.8 Å². The fourth-order valence-corrected chi connectivity index (χ4v) is 3.24. The molecule has 20 heavy (non-hydrogen) atoms. The third-order valence-electron chi connectivity index (χ3n) is 4.16. The van der Waals surface area contributed by atoms with Crippen LogP contribution in [0.4, 0.5) is 0 Å². The third kappa shape index (κ3) is 4.09. The molecule has 0 atom stereocenters. The number of amides is 2. The van der Waals surface area contributed by atoms with Crippen molar-refractivity contribution in [2.75, 3.05) is 26.2 Å². The van der Waals surface area contributed by atoms with Crippen LogP contribution in [0.2, 0.25) is 0 Å². The van der Waals surface area contributed by atoms with Crippen LogP contribution in [0.3, 0.4) is 0 Å². The van der Waals surface area contributed by atoms with Crippen LogP contribution in [0.5, 0.6) is 0 Å². The molecule has 0 radical (unpaired) electrons. The van der Waals surface area contributed by atoms with Crippen molar-refractivity contribution in [3.63, 3.8) is 0 Å². The number of carbonyl (C=O) groups excluding carboxylic acids is 2. The Balaban J connectivity index is 0.00000200. The first-order chi connectivity index (χ1) is 9.14. The molecule has 2 aliphatic rings. The standard InChI is InChI=1S/C14H25N3O2.ClH/c1-12(18)16-14(6-3-2-4-7-14)13(19)17-10-5-8-15-9-11-17;/h15H,2-11H2,1H3,(H,16,18);1H. The summed E-state index contributed by atoms with van der Waals surface area (Å²) in [5.41, 5.74) is -0.631. The van der Waals surface area contributed by atoms with Crippen LogP contribution >= 0.6 is 12.4 Å². The summed E-state index contributed by atoms with van der Waals surface area (Å²) in [7, 11) is 0. The van der Waals surface area contributed by atoms with Crippen molar-refractivity contribution in [3.05, 3.63) is 0 Å². The highest BCUT2D eigenvalue weighted by Gasteiger charge is 2.42. The maximum absolute atomic E-state index is 12.8. The Morgan fingerprint density at radius 2 is 1.75 bits per heavy atom. The Labute approximate surface area is 127 Å². The maximum Gasteiger partial charge on any atom is 0.248 e. The summed E-state index contributed by atoms with van der Waals surface area (Å²) in [4.78, 5) is 26.3. The summed E-state index contributed by atoms with van der Waals surface area (Å²) in [5, 5.41) is 6.27. The van der Waals surface area contributed by atoms with Gasteiger partial charge >= 0.3 is 0 Å². The second-order valence-electron chi connectivity index (χ2n) is 5.72. The Morgan fingerprint density at radius 1 is 1.05 bits per heavy atom. The van der Waals surface area contributed by atoms with Crippen molar-refractivity contribution in [3.8, 4) is 0 Å². The minimum Gasteiger partial charge on any atom is -0.342 e. The van der Waals surface area contributed by atoms with Gasteiger partial charge in [-0.25, -0.2) is 0 Å². The van der Waals surface area contributed by atoms with Crippen molar-refractivity contribution in [2.24, 2.45) is 0 Å². The molecular formula is C14H26ClN3O2. The van der Waals surface area contributed by atoms with Gasteiger partial charge in [0.15, 0.2) is 0 Å². The van der Waals surface area contributed by atoms with Crippen molar-refractivity contribution >= 4 is 24.2 Å². The maximum atomic E-state index is 12.8. The highest BCUT2D eigenvalue weighted by Crippen LogP contribution is 2.30. The number of nitrogens with zero attached hydrogens (tertiary/aromatic N) is 1. The van der Waals surface area contributed by atoms with E-state index in [2.05, 4.69) is 10.6 Å². The van der Waals surface area contributed by atoms with Gasteiger partial charge in [0.05, 0.1) is 0 Å². The van der Waals surface area contributed by atoms with Crippen molar-refractivity contribution < 1.29 is 9.59 Å². The molecule has 1 saturated heterocycles. The van der Waals surface area contributed by atoms with E-state index in [4.69, 9.17) is 0 Å². The predicted molar refractivity (Wildman–Crippen MR) is 80.9 cm³/mol. The number of hydrogen-bond donors (Lipinski definition) is 2. The summed E-state index contributed by atoms with van der Waals surface area (Å²) < 4.78 is 0. The average molecular weight is 304 g/mol. The van der Waals surface area contributed by atoms with Crippen LogP contribution in [0.25, 0.3) is 0 Å². The average Bonchev–Trinajstić information content (AvgIpc) is 2.67. The van der Waals surface area contributed by atoms with E-state index in [1.165, 1.54) is 6.92 Å². The lowest BCUT2D eigenvalue weighted by Crippen LogP contribution is -2.60. The number of halogens is 1. The molecule has 6 heteroatoms. The fourth-order valence-electron chi connectivity index (χ4n) is 3.24. The smallest absolute Gasteiger partial charge is 0.248 e. The topological polar surface area (TPSA) is 61.4 Å². The van der Waals surface area contributed by atoms with E-state index in [0.29, 0.717) is 0 Å². The quantitative estimate of drug-likeness (QED) is 0.802. The zero-order valence-electron chi connectivity index (χ0n) is 12.2. The normalized spacial score (nSPS) is 22.4. The first-order valence-electron chi connectivity index (χ1n) is 7.43. The molecule has 2 rings (SSSR count). The van der Waals surface area contributed by atoms with E-state index < -0.39 is 5.54 Å². The Bertz CT molecular complexity index is 335. The molecule has 0 bridgehead atoms. The molecule has 1 aliphatic carbocycles. The molecule has 5 nitrogen and oxygen atoms in total. The molecule has 0 spiro atoms. The van der Waals surface area contributed by atoms with E-state index in [-0.39, 0.29) is 24.2 Å². The van der Waals surface area contributed by atoms with E-state index in [9.17, 15) is 9.59 Å². The number of nitrogens with one attached hydrogen (secondary N) is 2. The molecule has 116 valence electrons. The van der Waals surface area contributed by atoms with E-state index in [1.54, 1.807) is 0 Å². The van der Waals surface area contributed by atoms with Crippen LogP contribution in [-0.4, -0.2) is 48.4 Å². The highest BCUT2D eigenvalue weighted by atomic mass is 35.5. The molecule has 0 unspecified atom stereocenters. The summed E-state index contributed by atoms with van der Waals surface area (Å²) in [6, 6.07) is 0. The van der Waals surface area contributed by atoms with Crippen molar-refractivity contribution in [1.29, 1.82) is 0 Å². The molecule has 1 heterocycles. The van der Waals surface area contributed by atoms with Gasteiger partial charge in [-0.15, -0.1) is 12.4 Å². The lowest BCUT2D eigenvalue weighted by molar-refractivity contribution is -0.143. The van der Waals surface area contributed by atoms with Gasteiger partial charge in [-0.05, 0) is 25.8 Å². The Kier molecular flexibility index (Phi) is 6.76. The second-order valence-corrected chi connectivity index (χ2v) is 5.72. The monoisotopic (exact) mass is 303 g/mol. The highest BCUT2D eigenvalue weighted by molar-refractivity contribution is 5.91. The van der Waals surface area contributed by atoms with Crippen LogP contribution in [0, 0.1) is 0 Å². The number of hydrogen-bond acceptors (Lipinski definition) is 3. The number of carbonyl (C=O) groups is 2. The van der Waals surface area contributed by atoms with Gasteiger partial charge in [0, 0.05) is 26.6 Å².